The molecule has 1 heterocycles. The number of hydrogen-bond acceptors (Lipinski definition) is 3. The number of alkyl halides is 2. The van der Waals surface area contributed by atoms with E-state index in [1.165, 1.54) is 12.5 Å². The highest BCUT2D eigenvalue weighted by molar-refractivity contribution is 5.64. The van der Waals surface area contributed by atoms with Gasteiger partial charge in [0.15, 0.2) is 0 Å². The summed E-state index contributed by atoms with van der Waals surface area (Å²) in [6.07, 6.45) is 2.48. The molecule has 0 amide bonds. The van der Waals surface area contributed by atoms with E-state index in [0.717, 1.165) is 37.1 Å². The van der Waals surface area contributed by atoms with Crippen LogP contribution in [0.2, 0.25) is 0 Å². The number of ether oxygens (including phenoxy) is 1. The molecule has 3 rings (SSSR count). The van der Waals surface area contributed by atoms with E-state index in [0.29, 0.717) is 17.4 Å². The average molecular weight is 402 g/mol. The van der Waals surface area contributed by atoms with E-state index in [1.54, 1.807) is 18.5 Å². The fourth-order valence-electron chi connectivity index (χ4n) is 3.35. The molecule has 0 spiro atoms. The normalized spacial score (nSPS) is 15.4. The monoisotopic (exact) mass is 401 g/mol. The molecule has 0 saturated carbocycles. The zero-order valence-electron chi connectivity index (χ0n) is 17.3. The standard InChI is InChI=1S/C23H29F2N3O/c1-16(2)18-8-7-9-19(13-18)29-22-12-17(3)21(14-20(22)23(24)25)26-15-27-28-10-5-4-6-11-28/h7-9,12-16,23H,4-6,10-11H2,1-3H3,(H,26,27). The van der Waals surface area contributed by atoms with Crippen LogP contribution in [0.25, 0.3) is 0 Å². The predicted molar refractivity (Wildman–Crippen MR) is 113 cm³/mol. The second kappa shape index (κ2) is 9.83. The SMILES string of the molecule is Cc1cc(Oc2cccc(C(C)C)c2)c(C(F)F)cc1N=CNN1CCCCC1. The van der Waals surface area contributed by atoms with Gasteiger partial charge in [-0.15, -0.1) is 0 Å². The van der Waals surface area contributed by atoms with Crippen LogP contribution in [-0.2, 0) is 0 Å². The Morgan fingerprint density at radius 1 is 1.10 bits per heavy atom. The van der Waals surface area contributed by atoms with Gasteiger partial charge < -0.3 is 10.2 Å². The van der Waals surface area contributed by atoms with Gasteiger partial charge in [-0.05, 0) is 61.1 Å². The van der Waals surface area contributed by atoms with Gasteiger partial charge in [0.05, 0.1) is 11.3 Å². The van der Waals surface area contributed by atoms with Crippen molar-refractivity contribution in [2.75, 3.05) is 13.1 Å². The Hall–Kier alpha value is -2.47. The maximum absolute atomic E-state index is 13.7. The van der Waals surface area contributed by atoms with Crippen LogP contribution in [0.1, 0.15) is 62.1 Å². The van der Waals surface area contributed by atoms with E-state index in [9.17, 15) is 8.78 Å². The molecule has 2 aromatic carbocycles. The average Bonchev–Trinajstić information content (AvgIpc) is 2.70. The second-order valence-electron chi connectivity index (χ2n) is 7.74. The Kier molecular flexibility index (Phi) is 7.20. The molecule has 0 bridgehead atoms. The van der Waals surface area contributed by atoms with Crippen LogP contribution >= 0.6 is 0 Å². The van der Waals surface area contributed by atoms with Gasteiger partial charge in [-0.2, -0.15) is 0 Å². The van der Waals surface area contributed by atoms with Crippen LogP contribution in [0.5, 0.6) is 11.5 Å². The van der Waals surface area contributed by atoms with Gasteiger partial charge in [-0.1, -0.05) is 32.4 Å². The van der Waals surface area contributed by atoms with Crippen molar-refractivity contribution in [3.63, 3.8) is 0 Å². The zero-order valence-corrected chi connectivity index (χ0v) is 17.3. The first-order valence-electron chi connectivity index (χ1n) is 10.2. The van der Waals surface area contributed by atoms with Crippen molar-refractivity contribution in [1.82, 2.24) is 10.4 Å². The van der Waals surface area contributed by atoms with E-state index in [2.05, 4.69) is 29.3 Å². The number of nitrogens with one attached hydrogen (secondary N) is 1. The van der Waals surface area contributed by atoms with Gasteiger partial charge in [0.2, 0.25) is 0 Å². The maximum Gasteiger partial charge on any atom is 0.267 e. The van der Waals surface area contributed by atoms with E-state index in [1.807, 2.05) is 25.1 Å². The molecule has 4 nitrogen and oxygen atoms in total. The number of aryl methyl sites for hydroxylation is 1. The van der Waals surface area contributed by atoms with Gasteiger partial charge in [0.1, 0.15) is 17.8 Å². The summed E-state index contributed by atoms with van der Waals surface area (Å²) in [6.45, 7) is 7.95. The molecule has 0 radical (unpaired) electrons. The Morgan fingerprint density at radius 3 is 2.55 bits per heavy atom. The lowest BCUT2D eigenvalue weighted by atomic mass is 10.0. The first-order chi connectivity index (χ1) is 13.9. The van der Waals surface area contributed by atoms with Crippen LogP contribution in [0, 0.1) is 6.92 Å². The molecule has 0 unspecified atom stereocenters. The summed E-state index contributed by atoms with van der Waals surface area (Å²) in [4.78, 5) is 4.36. The van der Waals surface area contributed by atoms with Crippen molar-refractivity contribution in [3.8, 4) is 11.5 Å². The lowest BCUT2D eigenvalue weighted by Gasteiger charge is -2.25. The van der Waals surface area contributed by atoms with Gasteiger partial charge in [0.25, 0.3) is 6.43 Å². The Balaban J connectivity index is 1.79. The lowest BCUT2D eigenvalue weighted by molar-refractivity contribution is 0.148. The molecule has 1 fully saturated rings. The van der Waals surface area contributed by atoms with Crippen molar-refractivity contribution >= 4 is 12.0 Å². The van der Waals surface area contributed by atoms with E-state index in [-0.39, 0.29) is 11.3 Å². The summed E-state index contributed by atoms with van der Waals surface area (Å²) in [5, 5.41) is 2.09. The summed E-state index contributed by atoms with van der Waals surface area (Å²) < 4.78 is 33.3. The molecule has 1 N–H and O–H groups in total. The summed E-state index contributed by atoms with van der Waals surface area (Å²) in [6, 6.07) is 10.6. The molecule has 0 atom stereocenters. The molecule has 0 aliphatic carbocycles. The second-order valence-corrected chi connectivity index (χ2v) is 7.74. The van der Waals surface area contributed by atoms with Crippen LogP contribution in [0.3, 0.4) is 0 Å². The third-order valence-corrected chi connectivity index (χ3v) is 5.12. The maximum atomic E-state index is 13.7. The van der Waals surface area contributed by atoms with E-state index >= 15 is 0 Å². The van der Waals surface area contributed by atoms with Gasteiger partial charge >= 0.3 is 0 Å². The first-order valence-corrected chi connectivity index (χ1v) is 10.2. The molecule has 2 aromatic rings. The molecule has 1 aliphatic heterocycles. The summed E-state index contributed by atoms with van der Waals surface area (Å²) in [5.41, 5.74) is 5.37. The zero-order chi connectivity index (χ0) is 20.8. The molecular weight excluding hydrogens is 372 g/mol. The number of nitrogens with zero attached hydrogens (tertiary/aromatic N) is 2. The van der Waals surface area contributed by atoms with Gasteiger partial charge in [-0.3, -0.25) is 0 Å². The lowest BCUT2D eigenvalue weighted by Crippen LogP contribution is -2.40. The predicted octanol–water partition coefficient (Wildman–Crippen LogP) is 6.50. The van der Waals surface area contributed by atoms with Crippen molar-refractivity contribution in [2.24, 2.45) is 4.99 Å². The molecule has 156 valence electrons. The minimum atomic E-state index is -2.65. The highest BCUT2D eigenvalue weighted by Crippen LogP contribution is 2.37. The molecule has 29 heavy (non-hydrogen) atoms. The van der Waals surface area contributed by atoms with Crippen molar-refractivity contribution in [3.05, 3.63) is 53.1 Å². The molecule has 0 aromatic heterocycles. The van der Waals surface area contributed by atoms with E-state index in [4.69, 9.17) is 4.74 Å². The first kappa shape index (κ1) is 21.2. The summed E-state index contributed by atoms with van der Waals surface area (Å²) in [5.74, 6) is 1.06. The third kappa shape index (κ3) is 5.76. The van der Waals surface area contributed by atoms with Crippen molar-refractivity contribution < 1.29 is 13.5 Å². The fourth-order valence-corrected chi connectivity index (χ4v) is 3.35. The Morgan fingerprint density at radius 2 is 1.86 bits per heavy atom. The number of rotatable bonds is 7. The topological polar surface area (TPSA) is 36.9 Å². The number of hydrazine groups is 1. The number of benzene rings is 2. The quantitative estimate of drug-likeness (QED) is 0.425. The minimum Gasteiger partial charge on any atom is -0.457 e. The number of halogens is 2. The highest BCUT2D eigenvalue weighted by Gasteiger charge is 2.18. The largest absolute Gasteiger partial charge is 0.457 e. The molecular formula is C23H29F2N3O. The number of aliphatic imine (C=N–C) groups is 1. The molecule has 6 heteroatoms. The van der Waals surface area contributed by atoms with Crippen LogP contribution < -0.4 is 10.2 Å². The third-order valence-electron chi connectivity index (χ3n) is 5.12. The van der Waals surface area contributed by atoms with Crippen LogP contribution in [-0.4, -0.2) is 24.4 Å². The highest BCUT2D eigenvalue weighted by atomic mass is 19.3. The Labute approximate surface area is 171 Å². The summed E-state index contributed by atoms with van der Waals surface area (Å²) >= 11 is 0. The summed E-state index contributed by atoms with van der Waals surface area (Å²) in [7, 11) is 0. The number of hydrogen-bond donors (Lipinski definition) is 1. The fraction of sp³-hybridized carbons (Fsp3) is 0.435. The van der Waals surface area contributed by atoms with E-state index < -0.39 is 6.43 Å². The molecule has 1 saturated heterocycles. The van der Waals surface area contributed by atoms with Gasteiger partial charge in [-0.25, -0.2) is 18.8 Å². The number of piperidine rings is 1. The minimum absolute atomic E-state index is 0.157. The van der Waals surface area contributed by atoms with Crippen molar-refractivity contribution in [2.45, 2.75) is 52.4 Å². The van der Waals surface area contributed by atoms with Crippen LogP contribution in [0.15, 0.2) is 41.4 Å². The van der Waals surface area contributed by atoms with Crippen molar-refractivity contribution in [1.29, 1.82) is 0 Å². The Bertz CT molecular complexity index is 846. The van der Waals surface area contributed by atoms with Gasteiger partial charge in [0, 0.05) is 13.1 Å². The van der Waals surface area contributed by atoms with Crippen LogP contribution in [0.4, 0.5) is 14.5 Å². The molecule has 1 aliphatic rings. The smallest absolute Gasteiger partial charge is 0.267 e.